The van der Waals surface area contributed by atoms with Crippen molar-refractivity contribution in [2.24, 2.45) is 0 Å². The van der Waals surface area contributed by atoms with Gasteiger partial charge in [0.25, 0.3) is 0 Å². The number of rotatable bonds is 9. The van der Waals surface area contributed by atoms with Crippen LogP contribution in [0.3, 0.4) is 0 Å². The van der Waals surface area contributed by atoms with Crippen molar-refractivity contribution in [3.05, 3.63) is 72.6 Å². The van der Waals surface area contributed by atoms with E-state index < -0.39 is 0 Å². The smallest absolute Gasteiger partial charge is 0.0568 e. The van der Waals surface area contributed by atoms with E-state index in [0.717, 1.165) is 52.2 Å². The number of nitrogens with zero attached hydrogens (tertiary/aromatic N) is 5. The van der Waals surface area contributed by atoms with E-state index in [2.05, 4.69) is 97.6 Å². The van der Waals surface area contributed by atoms with Crippen molar-refractivity contribution < 1.29 is 0 Å². The van der Waals surface area contributed by atoms with Crippen LogP contribution in [0.25, 0.3) is 11.1 Å². The summed E-state index contributed by atoms with van der Waals surface area (Å²) in [7, 11) is 2.20. The van der Waals surface area contributed by atoms with Gasteiger partial charge in [0.1, 0.15) is 0 Å². The van der Waals surface area contributed by atoms with Gasteiger partial charge in [-0.2, -0.15) is 5.10 Å². The van der Waals surface area contributed by atoms with E-state index in [1.165, 1.54) is 48.3 Å². The lowest BCUT2D eigenvalue weighted by molar-refractivity contribution is 0.190. The lowest BCUT2D eigenvalue weighted by Gasteiger charge is -2.34. The Balaban J connectivity index is 1.01. The Hall–Kier alpha value is -2.67. The van der Waals surface area contributed by atoms with Gasteiger partial charge in [-0.25, -0.2) is 0 Å². The molecule has 1 aromatic heterocycles. The fourth-order valence-corrected chi connectivity index (χ4v) is 5.25. The van der Waals surface area contributed by atoms with Gasteiger partial charge in [0, 0.05) is 62.8 Å². The number of likely N-dealkylation sites (N-methyl/N-ethyl adjacent to an activating group) is 1. The molecule has 0 unspecified atom stereocenters. The summed E-state index contributed by atoms with van der Waals surface area (Å²) in [5.41, 5.74) is 5.19. The van der Waals surface area contributed by atoms with Crippen LogP contribution in [0, 0.1) is 0 Å². The first-order valence-corrected chi connectivity index (χ1v) is 13.3. The van der Waals surface area contributed by atoms with Gasteiger partial charge in [-0.05, 0) is 69.2 Å². The van der Waals surface area contributed by atoms with Crippen molar-refractivity contribution in [2.45, 2.75) is 38.4 Å². The van der Waals surface area contributed by atoms with Gasteiger partial charge in [0.15, 0.2) is 0 Å². The quantitative estimate of drug-likeness (QED) is 0.478. The first-order chi connectivity index (χ1) is 17.2. The molecule has 3 aromatic rings. The lowest BCUT2D eigenvalue weighted by atomic mass is 10.0. The molecule has 1 N–H and O–H groups in total. The molecule has 2 aliphatic rings. The summed E-state index contributed by atoms with van der Waals surface area (Å²) in [5.74, 6) is 0. The van der Waals surface area contributed by atoms with Crippen molar-refractivity contribution in [2.75, 3.05) is 57.8 Å². The third-order valence-corrected chi connectivity index (χ3v) is 7.54. The SMILES string of the molecule is CN1CCN(c2ccc(-c3cnn(CCCNC4CCN(Cc5ccccc5)CC4)c3)cc2)CC1. The molecule has 6 nitrogen and oxygen atoms in total. The molecule has 186 valence electrons. The summed E-state index contributed by atoms with van der Waals surface area (Å²) in [6.45, 7) is 9.94. The highest BCUT2D eigenvalue weighted by Gasteiger charge is 2.18. The summed E-state index contributed by atoms with van der Waals surface area (Å²) >= 11 is 0. The minimum absolute atomic E-state index is 0.647. The van der Waals surface area contributed by atoms with Gasteiger partial charge >= 0.3 is 0 Å². The number of hydrogen-bond donors (Lipinski definition) is 1. The molecule has 2 saturated heterocycles. The maximum absolute atomic E-state index is 4.61. The summed E-state index contributed by atoms with van der Waals surface area (Å²) in [6.07, 6.45) is 7.77. The lowest BCUT2D eigenvalue weighted by Crippen LogP contribution is -2.44. The summed E-state index contributed by atoms with van der Waals surface area (Å²) in [4.78, 5) is 7.45. The number of aromatic nitrogens is 2. The van der Waals surface area contributed by atoms with E-state index in [1.54, 1.807) is 0 Å². The van der Waals surface area contributed by atoms with Crippen LogP contribution in [0.4, 0.5) is 5.69 Å². The highest BCUT2D eigenvalue weighted by molar-refractivity contribution is 5.65. The van der Waals surface area contributed by atoms with Crippen molar-refractivity contribution in [3.63, 3.8) is 0 Å². The monoisotopic (exact) mass is 472 g/mol. The molecule has 0 amide bonds. The predicted molar refractivity (Wildman–Crippen MR) is 145 cm³/mol. The zero-order valence-electron chi connectivity index (χ0n) is 21.1. The molecule has 2 aliphatic heterocycles. The Morgan fingerprint density at radius 3 is 2.34 bits per heavy atom. The van der Waals surface area contributed by atoms with E-state index in [-0.39, 0.29) is 0 Å². The molecular weight excluding hydrogens is 432 g/mol. The van der Waals surface area contributed by atoms with Gasteiger partial charge in [-0.15, -0.1) is 0 Å². The number of piperidine rings is 1. The van der Waals surface area contributed by atoms with Crippen molar-refractivity contribution in [1.82, 2.24) is 24.9 Å². The number of benzene rings is 2. The Morgan fingerprint density at radius 2 is 1.60 bits per heavy atom. The maximum Gasteiger partial charge on any atom is 0.0568 e. The number of nitrogens with one attached hydrogen (secondary N) is 1. The highest BCUT2D eigenvalue weighted by Crippen LogP contribution is 2.23. The molecule has 2 fully saturated rings. The van der Waals surface area contributed by atoms with E-state index in [4.69, 9.17) is 0 Å². The van der Waals surface area contributed by atoms with Crippen molar-refractivity contribution >= 4 is 5.69 Å². The van der Waals surface area contributed by atoms with E-state index in [1.807, 2.05) is 6.20 Å². The fraction of sp³-hybridized carbons (Fsp3) is 0.483. The molecule has 3 heterocycles. The molecule has 0 saturated carbocycles. The van der Waals surface area contributed by atoms with Crippen LogP contribution in [0.2, 0.25) is 0 Å². The van der Waals surface area contributed by atoms with Crippen LogP contribution in [0.15, 0.2) is 67.0 Å². The van der Waals surface area contributed by atoms with Gasteiger partial charge in [0.05, 0.1) is 6.20 Å². The highest BCUT2D eigenvalue weighted by atomic mass is 15.3. The first kappa shape index (κ1) is 24.0. The summed E-state index contributed by atoms with van der Waals surface area (Å²) in [6, 6.07) is 20.5. The Kier molecular flexibility index (Phi) is 8.14. The number of aryl methyl sites for hydroxylation is 1. The predicted octanol–water partition coefficient (Wildman–Crippen LogP) is 3.95. The number of hydrogen-bond acceptors (Lipinski definition) is 5. The van der Waals surface area contributed by atoms with Crippen molar-refractivity contribution in [3.8, 4) is 11.1 Å². The standard InChI is InChI=1S/C29H40N6/c1-32-18-20-34(21-19-32)29-10-8-26(9-11-29)27-22-31-35(24-27)15-5-14-30-28-12-16-33(17-13-28)23-25-6-3-2-4-7-25/h2-4,6-11,22,24,28,30H,5,12-21,23H2,1H3. The molecule has 0 spiro atoms. The Bertz CT molecular complexity index is 1010. The third kappa shape index (κ3) is 6.72. The minimum Gasteiger partial charge on any atom is -0.369 e. The van der Waals surface area contributed by atoms with E-state index >= 15 is 0 Å². The van der Waals surface area contributed by atoms with Gasteiger partial charge in [0.2, 0.25) is 0 Å². The summed E-state index contributed by atoms with van der Waals surface area (Å²) in [5, 5.41) is 8.39. The Labute approximate surface area is 210 Å². The first-order valence-electron chi connectivity index (χ1n) is 13.3. The minimum atomic E-state index is 0.647. The van der Waals surface area contributed by atoms with Crippen LogP contribution in [-0.4, -0.2) is 78.5 Å². The molecule has 6 heteroatoms. The zero-order valence-corrected chi connectivity index (χ0v) is 21.1. The van der Waals surface area contributed by atoms with Gasteiger partial charge in [-0.1, -0.05) is 42.5 Å². The Morgan fingerprint density at radius 1 is 0.857 bits per heavy atom. The second kappa shape index (κ2) is 11.8. The second-order valence-electron chi connectivity index (χ2n) is 10.2. The molecule has 2 aromatic carbocycles. The topological polar surface area (TPSA) is 39.6 Å². The van der Waals surface area contributed by atoms with E-state index in [0.29, 0.717) is 6.04 Å². The van der Waals surface area contributed by atoms with Gasteiger partial charge < -0.3 is 15.1 Å². The normalized spacial score (nSPS) is 18.3. The van der Waals surface area contributed by atoms with Gasteiger partial charge in [-0.3, -0.25) is 9.58 Å². The molecular formula is C29H40N6. The molecule has 35 heavy (non-hydrogen) atoms. The maximum atomic E-state index is 4.61. The molecule has 5 rings (SSSR count). The molecule has 0 atom stereocenters. The zero-order chi connectivity index (χ0) is 23.9. The summed E-state index contributed by atoms with van der Waals surface area (Å²) < 4.78 is 2.09. The van der Waals surface area contributed by atoms with Crippen LogP contribution in [0.1, 0.15) is 24.8 Å². The van der Waals surface area contributed by atoms with Crippen LogP contribution in [0.5, 0.6) is 0 Å². The second-order valence-corrected chi connectivity index (χ2v) is 10.2. The average molecular weight is 473 g/mol. The fourth-order valence-electron chi connectivity index (χ4n) is 5.25. The number of piperazine rings is 1. The van der Waals surface area contributed by atoms with Crippen molar-refractivity contribution in [1.29, 1.82) is 0 Å². The van der Waals surface area contributed by atoms with E-state index in [9.17, 15) is 0 Å². The number of likely N-dealkylation sites (tertiary alicyclic amines) is 1. The molecule has 0 aliphatic carbocycles. The molecule has 0 radical (unpaired) electrons. The number of anilines is 1. The molecule has 0 bridgehead atoms. The average Bonchev–Trinajstić information content (AvgIpc) is 3.38. The largest absolute Gasteiger partial charge is 0.369 e. The van der Waals surface area contributed by atoms with Crippen LogP contribution >= 0.6 is 0 Å². The van der Waals surface area contributed by atoms with Crippen LogP contribution in [-0.2, 0) is 13.1 Å². The van der Waals surface area contributed by atoms with Crippen LogP contribution < -0.4 is 10.2 Å². The third-order valence-electron chi connectivity index (χ3n) is 7.54.